The smallest absolute Gasteiger partial charge is 0.340 e. The molecule has 168 valence electrons. The molecule has 0 saturated carbocycles. The molecular weight excluding hydrogens is 416 g/mol. The zero-order valence-electron chi connectivity index (χ0n) is 19.0. The van der Waals surface area contributed by atoms with E-state index in [0.717, 1.165) is 32.9 Å². The lowest BCUT2D eigenvalue weighted by Gasteiger charge is -2.23. The first-order valence-corrected chi connectivity index (χ1v) is 10.9. The number of aromatic nitrogens is 1. The van der Waals surface area contributed by atoms with Crippen LogP contribution in [0, 0.1) is 6.92 Å². The first-order valence-electron chi connectivity index (χ1n) is 10.9. The zero-order chi connectivity index (χ0) is 23.4. The predicted molar refractivity (Wildman–Crippen MR) is 129 cm³/mol. The van der Waals surface area contributed by atoms with Crippen molar-refractivity contribution in [2.75, 3.05) is 25.2 Å². The minimum absolute atomic E-state index is 0.168. The van der Waals surface area contributed by atoms with Crippen LogP contribution in [0.1, 0.15) is 28.5 Å². The molecule has 4 aromatic rings. The summed E-state index contributed by atoms with van der Waals surface area (Å²) in [4.78, 5) is 32.4. The van der Waals surface area contributed by atoms with Gasteiger partial charge in [0.05, 0.1) is 29.1 Å². The topological polar surface area (TPSA) is 68.7 Å². The number of esters is 1. The molecule has 0 saturated heterocycles. The molecule has 3 aromatic carbocycles. The van der Waals surface area contributed by atoms with Gasteiger partial charge in [-0.05, 0) is 36.9 Å². The van der Waals surface area contributed by atoms with Gasteiger partial charge in [-0.1, -0.05) is 54.6 Å². The summed E-state index contributed by atoms with van der Waals surface area (Å²) < 4.78 is 10.8. The van der Waals surface area contributed by atoms with Crippen molar-refractivity contribution in [3.8, 4) is 0 Å². The summed E-state index contributed by atoms with van der Waals surface area (Å²) >= 11 is 0. The molecule has 0 bridgehead atoms. The number of fused-ring (bicyclic) bond motifs is 2. The quantitative estimate of drug-likeness (QED) is 0.375. The van der Waals surface area contributed by atoms with Gasteiger partial charge in [0, 0.05) is 24.4 Å². The number of likely N-dealkylation sites (N-methyl/N-ethyl adjacent to an activating group) is 1. The van der Waals surface area contributed by atoms with Crippen molar-refractivity contribution in [3.05, 3.63) is 83.6 Å². The number of carbonyl (C=O) groups is 2. The van der Waals surface area contributed by atoms with Crippen molar-refractivity contribution in [1.82, 2.24) is 4.98 Å². The summed E-state index contributed by atoms with van der Waals surface area (Å²) in [6, 6.07) is 21.3. The maximum atomic E-state index is 13.1. The molecule has 1 amide bonds. The molecule has 6 nitrogen and oxygen atoms in total. The maximum Gasteiger partial charge on any atom is 0.340 e. The highest BCUT2D eigenvalue weighted by Crippen LogP contribution is 2.27. The van der Waals surface area contributed by atoms with Crippen molar-refractivity contribution in [3.63, 3.8) is 0 Å². The zero-order valence-corrected chi connectivity index (χ0v) is 19.0. The fourth-order valence-electron chi connectivity index (χ4n) is 4.15. The molecule has 1 aromatic heterocycles. The highest BCUT2D eigenvalue weighted by Gasteiger charge is 2.23. The van der Waals surface area contributed by atoms with Crippen molar-refractivity contribution in [2.45, 2.75) is 20.5 Å². The number of anilines is 1. The highest BCUT2D eigenvalue weighted by atomic mass is 16.5. The third kappa shape index (κ3) is 4.43. The number of para-hydroxylation sites is 1. The molecule has 0 aliphatic heterocycles. The number of amides is 1. The number of pyridine rings is 1. The fourth-order valence-corrected chi connectivity index (χ4v) is 4.15. The lowest BCUT2D eigenvalue weighted by molar-refractivity contribution is -0.121. The van der Waals surface area contributed by atoms with Gasteiger partial charge >= 0.3 is 5.97 Å². The second-order valence-electron chi connectivity index (χ2n) is 7.72. The van der Waals surface area contributed by atoms with Gasteiger partial charge in [0.15, 0.2) is 6.61 Å². The first-order chi connectivity index (χ1) is 16.0. The monoisotopic (exact) mass is 442 g/mol. The van der Waals surface area contributed by atoms with Crippen LogP contribution in [0.25, 0.3) is 21.7 Å². The standard InChI is InChI=1S/C27H26N2O4/c1-4-29(24-15-9-11-19-10-5-6-13-21(19)24)25(30)17-33-27(31)26-18(2)20-12-7-8-14-22(20)28-23(26)16-32-3/h5-15H,4,16-17H2,1-3H3. The normalized spacial score (nSPS) is 11.0. The van der Waals surface area contributed by atoms with Gasteiger partial charge in [0.1, 0.15) is 0 Å². The van der Waals surface area contributed by atoms with Crippen LogP contribution in [-0.2, 0) is 20.9 Å². The Labute approximate surface area is 192 Å². The van der Waals surface area contributed by atoms with Crippen molar-refractivity contribution in [2.24, 2.45) is 0 Å². The highest BCUT2D eigenvalue weighted by molar-refractivity contribution is 6.05. The predicted octanol–water partition coefficient (Wildman–Crippen LogP) is 5.05. The molecule has 33 heavy (non-hydrogen) atoms. The van der Waals surface area contributed by atoms with Gasteiger partial charge in [-0.2, -0.15) is 0 Å². The Bertz CT molecular complexity index is 1330. The van der Waals surface area contributed by atoms with Crippen molar-refractivity contribution >= 4 is 39.2 Å². The van der Waals surface area contributed by atoms with Crippen LogP contribution in [0.2, 0.25) is 0 Å². The van der Waals surface area contributed by atoms with E-state index in [0.29, 0.717) is 17.8 Å². The second-order valence-corrected chi connectivity index (χ2v) is 7.72. The van der Waals surface area contributed by atoms with E-state index in [-0.39, 0.29) is 19.1 Å². The molecule has 0 aliphatic rings. The van der Waals surface area contributed by atoms with Crippen molar-refractivity contribution in [1.29, 1.82) is 0 Å². The van der Waals surface area contributed by atoms with E-state index in [1.54, 1.807) is 12.0 Å². The van der Waals surface area contributed by atoms with Gasteiger partial charge in [-0.25, -0.2) is 9.78 Å². The number of carbonyl (C=O) groups excluding carboxylic acids is 2. The number of hydrogen-bond acceptors (Lipinski definition) is 5. The number of benzene rings is 3. The average molecular weight is 443 g/mol. The molecule has 0 radical (unpaired) electrons. The Kier molecular flexibility index (Phi) is 6.66. The van der Waals surface area contributed by atoms with E-state index in [1.807, 2.05) is 80.6 Å². The van der Waals surface area contributed by atoms with E-state index < -0.39 is 5.97 Å². The number of rotatable bonds is 7. The Balaban J connectivity index is 1.59. The number of nitrogens with zero attached hydrogens (tertiary/aromatic N) is 2. The van der Waals surface area contributed by atoms with E-state index in [2.05, 4.69) is 4.98 Å². The minimum atomic E-state index is -0.583. The van der Waals surface area contributed by atoms with Gasteiger partial charge in [0.25, 0.3) is 5.91 Å². The lowest BCUT2D eigenvalue weighted by Crippen LogP contribution is -2.35. The van der Waals surface area contributed by atoms with E-state index in [4.69, 9.17) is 9.47 Å². The van der Waals surface area contributed by atoms with E-state index in [9.17, 15) is 9.59 Å². The summed E-state index contributed by atoms with van der Waals surface area (Å²) in [5.41, 5.74) is 3.17. The van der Waals surface area contributed by atoms with Gasteiger partial charge in [-0.15, -0.1) is 0 Å². The molecule has 0 spiro atoms. The summed E-state index contributed by atoms with van der Waals surface area (Å²) in [6.07, 6.45) is 0. The molecule has 0 aliphatic carbocycles. The van der Waals surface area contributed by atoms with Crippen LogP contribution in [0.15, 0.2) is 66.7 Å². The molecule has 4 rings (SSSR count). The third-order valence-corrected chi connectivity index (χ3v) is 5.71. The second kappa shape index (κ2) is 9.79. The van der Waals surface area contributed by atoms with Crippen LogP contribution < -0.4 is 4.90 Å². The van der Waals surface area contributed by atoms with Gasteiger partial charge in [0.2, 0.25) is 0 Å². The third-order valence-electron chi connectivity index (χ3n) is 5.71. The van der Waals surface area contributed by atoms with Crippen LogP contribution in [0.3, 0.4) is 0 Å². The summed E-state index contributed by atoms with van der Waals surface area (Å²) in [6.45, 7) is 4.01. The maximum absolute atomic E-state index is 13.1. The number of aryl methyl sites for hydroxylation is 1. The molecule has 0 atom stereocenters. The van der Waals surface area contributed by atoms with Gasteiger partial charge in [-0.3, -0.25) is 4.79 Å². The molecule has 6 heteroatoms. The SMILES string of the molecule is CCN(C(=O)COC(=O)c1c(COC)nc2ccccc2c1C)c1cccc2ccccc12. The lowest BCUT2D eigenvalue weighted by atomic mass is 10.0. The van der Waals surface area contributed by atoms with Crippen LogP contribution in [0.5, 0.6) is 0 Å². The summed E-state index contributed by atoms with van der Waals surface area (Å²) in [7, 11) is 1.55. The summed E-state index contributed by atoms with van der Waals surface area (Å²) in [5.74, 6) is -0.873. The Hall–Kier alpha value is -3.77. The average Bonchev–Trinajstić information content (AvgIpc) is 2.83. The van der Waals surface area contributed by atoms with Crippen LogP contribution in [0.4, 0.5) is 5.69 Å². The first kappa shape index (κ1) is 22.4. The minimum Gasteiger partial charge on any atom is -0.452 e. The molecule has 0 fully saturated rings. The number of methoxy groups -OCH3 is 1. The molecule has 0 unspecified atom stereocenters. The largest absolute Gasteiger partial charge is 0.452 e. The number of ether oxygens (including phenoxy) is 2. The van der Waals surface area contributed by atoms with Crippen LogP contribution in [-0.4, -0.2) is 37.1 Å². The Morgan fingerprint density at radius 3 is 2.39 bits per heavy atom. The fraction of sp³-hybridized carbons (Fsp3) is 0.222. The molecule has 1 heterocycles. The van der Waals surface area contributed by atoms with Crippen molar-refractivity contribution < 1.29 is 19.1 Å². The summed E-state index contributed by atoms with van der Waals surface area (Å²) in [5, 5.41) is 2.88. The van der Waals surface area contributed by atoms with Gasteiger partial charge < -0.3 is 14.4 Å². The van der Waals surface area contributed by atoms with E-state index >= 15 is 0 Å². The number of hydrogen-bond donors (Lipinski definition) is 0. The molecular formula is C27H26N2O4. The van der Waals surface area contributed by atoms with E-state index in [1.165, 1.54) is 0 Å². The molecule has 0 N–H and O–H groups in total. The van der Waals surface area contributed by atoms with Crippen LogP contribution >= 0.6 is 0 Å². The Morgan fingerprint density at radius 2 is 1.64 bits per heavy atom. The Morgan fingerprint density at radius 1 is 0.939 bits per heavy atom.